The van der Waals surface area contributed by atoms with Gasteiger partial charge in [0.15, 0.2) is 0 Å². The van der Waals surface area contributed by atoms with Crippen LogP contribution in [-0.2, 0) is 22.3 Å². The molecule has 6 heteroatoms. The normalized spacial score (nSPS) is 16.4. The van der Waals surface area contributed by atoms with Gasteiger partial charge >= 0.3 is 0 Å². The van der Waals surface area contributed by atoms with Crippen LogP contribution in [0.1, 0.15) is 24.0 Å². The van der Waals surface area contributed by atoms with Crippen LogP contribution in [0.3, 0.4) is 0 Å². The highest BCUT2D eigenvalue weighted by Gasteiger charge is 2.14. The van der Waals surface area contributed by atoms with Crippen LogP contribution in [0.4, 0.5) is 0 Å². The summed E-state index contributed by atoms with van der Waals surface area (Å²) >= 11 is 0. The van der Waals surface area contributed by atoms with E-state index in [9.17, 15) is 8.42 Å². The van der Waals surface area contributed by atoms with Crippen molar-refractivity contribution in [1.82, 2.24) is 14.9 Å². The summed E-state index contributed by atoms with van der Waals surface area (Å²) in [4.78, 5) is 2.30. The van der Waals surface area contributed by atoms with Gasteiger partial charge in [-0.05, 0) is 44.1 Å². The van der Waals surface area contributed by atoms with E-state index in [0.29, 0.717) is 6.54 Å². The van der Waals surface area contributed by atoms with Crippen LogP contribution >= 0.6 is 0 Å². The van der Waals surface area contributed by atoms with Crippen molar-refractivity contribution in [1.29, 1.82) is 0 Å². The highest BCUT2D eigenvalue weighted by Crippen LogP contribution is 2.08. The van der Waals surface area contributed by atoms with Gasteiger partial charge in [-0.3, -0.25) is 0 Å². The Morgan fingerprint density at radius 3 is 2.33 bits per heavy atom. The number of hydrogen-bond acceptors (Lipinski definition) is 4. The van der Waals surface area contributed by atoms with Crippen LogP contribution in [0.25, 0.3) is 0 Å². The molecule has 0 radical (unpaired) electrons. The SMILES string of the molecule is CNCc1ccc(CS(=O)(=O)NCCN2CCCC2)cc1. The minimum Gasteiger partial charge on any atom is -0.316 e. The first-order valence-corrected chi connectivity index (χ1v) is 9.16. The molecule has 5 nitrogen and oxygen atoms in total. The molecule has 1 aliphatic rings. The molecule has 1 fully saturated rings. The summed E-state index contributed by atoms with van der Waals surface area (Å²) in [7, 11) is -1.35. The van der Waals surface area contributed by atoms with Gasteiger partial charge in [0.1, 0.15) is 0 Å². The summed E-state index contributed by atoms with van der Waals surface area (Å²) in [5.74, 6) is 0.0484. The number of nitrogens with one attached hydrogen (secondary N) is 2. The van der Waals surface area contributed by atoms with Crippen molar-refractivity contribution in [2.75, 3.05) is 33.2 Å². The Kier molecular flexibility index (Phi) is 6.17. The summed E-state index contributed by atoms with van der Waals surface area (Å²) in [6.45, 7) is 4.28. The Labute approximate surface area is 127 Å². The van der Waals surface area contributed by atoms with Crippen molar-refractivity contribution in [3.8, 4) is 0 Å². The summed E-state index contributed by atoms with van der Waals surface area (Å²) in [6.07, 6.45) is 2.46. The van der Waals surface area contributed by atoms with Crippen LogP contribution < -0.4 is 10.0 Å². The quantitative estimate of drug-likeness (QED) is 0.749. The summed E-state index contributed by atoms with van der Waals surface area (Å²) < 4.78 is 26.8. The lowest BCUT2D eigenvalue weighted by Crippen LogP contribution is -2.34. The molecule has 1 aliphatic heterocycles. The van der Waals surface area contributed by atoms with Gasteiger partial charge in [-0.1, -0.05) is 24.3 Å². The number of nitrogens with zero attached hydrogens (tertiary/aromatic N) is 1. The van der Waals surface area contributed by atoms with Crippen LogP contribution in [-0.4, -0.2) is 46.5 Å². The molecule has 0 unspecified atom stereocenters. The third-order valence-corrected chi connectivity index (χ3v) is 5.07. The van der Waals surface area contributed by atoms with Gasteiger partial charge in [-0.2, -0.15) is 0 Å². The first-order chi connectivity index (χ1) is 10.1. The van der Waals surface area contributed by atoms with Crippen LogP contribution in [0, 0.1) is 0 Å². The Morgan fingerprint density at radius 2 is 1.71 bits per heavy atom. The average molecular weight is 311 g/mol. The van der Waals surface area contributed by atoms with Crippen molar-refractivity contribution in [3.05, 3.63) is 35.4 Å². The molecule has 0 bridgehead atoms. The van der Waals surface area contributed by atoms with Crippen molar-refractivity contribution in [2.45, 2.75) is 25.1 Å². The molecular formula is C15H25N3O2S. The maximum atomic E-state index is 12.0. The predicted octanol–water partition coefficient (Wildman–Crippen LogP) is 0.921. The van der Waals surface area contributed by atoms with Gasteiger partial charge in [-0.15, -0.1) is 0 Å². The van der Waals surface area contributed by atoms with E-state index in [0.717, 1.165) is 37.3 Å². The number of benzene rings is 1. The van der Waals surface area contributed by atoms with Gasteiger partial charge in [0.05, 0.1) is 5.75 Å². The molecular weight excluding hydrogens is 286 g/mol. The smallest absolute Gasteiger partial charge is 0.215 e. The van der Waals surface area contributed by atoms with E-state index in [-0.39, 0.29) is 5.75 Å². The highest BCUT2D eigenvalue weighted by molar-refractivity contribution is 7.88. The second kappa shape index (κ2) is 7.89. The standard InChI is InChI=1S/C15H25N3O2S/c1-16-12-14-4-6-15(7-5-14)13-21(19,20)17-8-11-18-9-2-3-10-18/h4-7,16-17H,2-3,8-13H2,1H3. The lowest BCUT2D eigenvalue weighted by Gasteiger charge is -2.14. The first kappa shape index (κ1) is 16.4. The number of rotatable bonds is 8. The number of sulfonamides is 1. The van der Waals surface area contributed by atoms with E-state index in [2.05, 4.69) is 14.9 Å². The number of likely N-dealkylation sites (tertiary alicyclic amines) is 1. The lowest BCUT2D eigenvalue weighted by atomic mass is 10.1. The molecule has 1 heterocycles. The largest absolute Gasteiger partial charge is 0.316 e. The van der Waals surface area contributed by atoms with Gasteiger partial charge in [0, 0.05) is 19.6 Å². The molecule has 118 valence electrons. The lowest BCUT2D eigenvalue weighted by molar-refractivity contribution is 0.344. The number of hydrogen-bond donors (Lipinski definition) is 2. The average Bonchev–Trinajstić information content (AvgIpc) is 2.94. The summed E-state index contributed by atoms with van der Waals surface area (Å²) in [6, 6.07) is 7.69. The van der Waals surface area contributed by atoms with E-state index in [1.54, 1.807) is 0 Å². The Hall–Kier alpha value is -0.950. The zero-order chi connectivity index (χ0) is 15.1. The Morgan fingerprint density at radius 1 is 1.10 bits per heavy atom. The van der Waals surface area contributed by atoms with Crippen LogP contribution in [0.15, 0.2) is 24.3 Å². The minimum atomic E-state index is -3.24. The molecule has 1 aromatic carbocycles. The van der Waals surface area contributed by atoms with Gasteiger partial charge < -0.3 is 10.2 Å². The molecule has 0 amide bonds. The fraction of sp³-hybridized carbons (Fsp3) is 0.600. The van der Waals surface area contributed by atoms with Gasteiger partial charge in [0.25, 0.3) is 0 Å². The van der Waals surface area contributed by atoms with Crippen LogP contribution in [0.5, 0.6) is 0 Å². The second-order valence-corrected chi connectivity index (χ2v) is 7.36. The molecule has 0 aromatic heterocycles. The van der Waals surface area contributed by atoms with E-state index >= 15 is 0 Å². The van der Waals surface area contributed by atoms with Crippen molar-refractivity contribution in [2.24, 2.45) is 0 Å². The molecule has 2 N–H and O–H groups in total. The second-order valence-electron chi connectivity index (χ2n) is 5.55. The first-order valence-electron chi connectivity index (χ1n) is 7.51. The van der Waals surface area contributed by atoms with E-state index in [1.807, 2.05) is 31.3 Å². The fourth-order valence-electron chi connectivity index (χ4n) is 2.59. The summed E-state index contributed by atoms with van der Waals surface area (Å²) in [5, 5.41) is 3.07. The molecule has 1 saturated heterocycles. The maximum Gasteiger partial charge on any atom is 0.215 e. The van der Waals surface area contributed by atoms with Crippen molar-refractivity contribution < 1.29 is 8.42 Å². The Balaban J connectivity index is 1.79. The van der Waals surface area contributed by atoms with E-state index < -0.39 is 10.0 Å². The molecule has 0 spiro atoms. The Bertz CT molecular complexity index is 522. The van der Waals surface area contributed by atoms with Gasteiger partial charge in [-0.25, -0.2) is 13.1 Å². The molecule has 2 rings (SSSR count). The maximum absolute atomic E-state index is 12.0. The summed E-state index contributed by atoms with van der Waals surface area (Å²) in [5.41, 5.74) is 1.98. The zero-order valence-electron chi connectivity index (χ0n) is 12.6. The van der Waals surface area contributed by atoms with Crippen molar-refractivity contribution in [3.63, 3.8) is 0 Å². The molecule has 0 aliphatic carbocycles. The minimum absolute atomic E-state index is 0.0484. The molecule has 1 aromatic rings. The third-order valence-electron chi connectivity index (χ3n) is 3.71. The predicted molar refractivity (Wildman–Crippen MR) is 85.5 cm³/mol. The van der Waals surface area contributed by atoms with Gasteiger partial charge in [0.2, 0.25) is 10.0 Å². The highest BCUT2D eigenvalue weighted by atomic mass is 32.2. The van der Waals surface area contributed by atoms with Crippen molar-refractivity contribution >= 4 is 10.0 Å². The topological polar surface area (TPSA) is 61.4 Å². The van der Waals surface area contributed by atoms with E-state index in [1.165, 1.54) is 12.8 Å². The molecule has 21 heavy (non-hydrogen) atoms. The molecule has 0 saturated carbocycles. The third kappa shape index (κ3) is 5.74. The van der Waals surface area contributed by atoms with E-state index in [4.69, 9.17) is 0 Å². The molecule has 0 atom stereocenters. The monoisotopic (exact) mass is 311 g/mol. The zero-order valence-corrected chi connectivity index (χ0v) is 13.5. The van der Waals surface area contributed by atoms with Crippen LogP contribution in [0.2, 0.25) is 0 Å². The fourth-order valence-corrected chi connectivity index (χ4v) is 3.73.